The Bertz CT molecular complexity index is 402. The van der Waals surface area contributed by atoms with Gasteiger partial charge in [-0.2, -0.15) is 0 Å². The summed E-state index contributed by atoms with van der Waals surface area (Å²) in [7, 11) is 0. The Morgan fingerprint density at radius 1 is 1.18 bits per heavy atom. The average molecular weight is 274 g/mol. The number of nitrogens with one attached hydrogen (secondary N) is 1. The molecule has 94 valence electrons. The molecule has 17 heavy (non-hydrogen) atoms. The molecule has 1 aromatic carbocycles. The van der Waals surface area contributed by atoms with E-state index in [1.165, 1.54) is 5.56 Å². The maximum Gasteiger partial charge on any atom is 0.123 e. The van der Waals surface area contributed by atoms with Crippen LogP contribution in [0.15, 0.2) is 18.2 Å². The summed E-state index contributed by atoms with van der Waals surface area (Å²) in [5, 5.41) is 4.20. The Morgan fingerprint density at radius 3 is 2.71 bits per heavy atom. The van der Waals surface area contributed by atoms with Gasteiger partial charge in [0, 0.05) is 5.02 Å². The predicted octanol–water partition coefficient (Wildman–Crippen LogP) is 3.21. The smallest absolute Gasteiger partial charge is 0.123 e. The lowest BCUT2D eigenvalue weighted by Gasteiger charge is -2.41. The fourth-order valence-corrected chi connectivity index (χ4v) is 2.92. The van der Waals surface area contributed by atoms with Crippen molar-refractivity contribution in [1.29, 1.82) is 0 Å². The van der Waals surface area contributed by atoms with Gasteiger partial charge in [-0.3, -0.25) is 0 Å². The molecule has 3 rings (SSSR count). The normalized spacial score (nSPS) is 21.2. The summed E-state index contributed by atoms with van der Waals surface area (Å²) in [6, 6.07) is 5.96. The molecule has 1 fully saturated rings. The van der Waals surface area contributed by atoms with E-state index < -0.39 is 0 Å². The van der Waals surface area contributed by atoms with Gasteiger partial charge in [-0.15, -0.1) is 12.4 Å². The standard InChI is InChI=1S/C13H16ClNO.ClH/c14-11-1-2-12-10(9-11)3-4-13(16-12)5-7-15-8-6-13;/h1-2,9,15H,3-8H2;1H. The SMILES string of the molecule is Cl.Clc1ccc2c(c1)CCC1(CCNCC1)O2. The zero-order valence-corrected chi connectivity index (χ0v) is 11.2. The van der Waals surface area contributed by atoms with Crippen LogP contribution in [0.4, 0.5) is 0 Å². The summed E-state index contributed by atoms with van der Waals surface area (Å²) < 4.78 is 6.22. The molecule has 0 unspecified atom stereocenters. The second kappa shape index (κ2) is 5.05. The number of piperidine rings is 1. The van der Waals surface area contributed by atoms with Crippen molar-refractivity contribution >= 4 is 24.0 Å². The Kier molecular flexibility index (Phi) is 3.86. The minimum absolute atomic E-state index is 0. The van der Waals surface area contributed by atoms with Gasteiger partial charge in [-0.05, 0) is 62.5 Å². The molecule has 0 amide bonds. The van der Waals surface area contributed by atoms with Gasteiger partial charge in [0.15, 0.2) is 0 Å². The zero-order chi connectivity index (χ0) is 11.0. The van der Waals surface area contributed by atoms with Gasteiger partial charge in [0.1, 0.15) is 11.4 Å². The van der Waals surface area contributed by atoms with E-state index in [2.05, 4.69) is 5.32 Å². The van der Waals surface area contributed by atoms with Crippen molar-refractivity contribution in [2.24, 2.45) is 0 Å². The maximum atomic E-state index is 6.22. The summed E-state index contributed by atoms with van der Waals surface area (Å²) in [6.07, 6.45) is 4.46. The van der Waals surface area contributed by atoms with Crippen molar-refractivity contribution in [2.45, 2.75) is 31.3 Å². The molecule has 1 N–H and O–H groups in total. The summed E-state index contributed by atoms with van der Waals surface area (Å²) in [5.74, 6) is 1.04. The number of benzene rings is 1. The molecule has 0 aliphatic carbocycles. The summed E-state index contributed by atoms with van der Waals surface area (Å²) in [4.78, 5) is 0. The molecule has 1 saturated heterocycles. The molecule has 2 heterocycles. The van der Waals surface area contributed by atoms with Gasteiger partial charge in [-0.1, -0.05) is 11.6 Å². The van der Waals surface area contributed by atoms with E-state index in [4.69, 9.17) is 16.3 Å². The van der Waals surface area contributed by atoms with E-state index in [-0.39, 0.29) is 18.0 Å². The maximum absolute atomic E-state index is 6.22. The molecule has 1 aromatic rings. The zero-order valence-electron chi connectivity index (χ0n) is 9.67. The fourth-order valence-electron chi connectivity index (χ4n) is 2.72. The van der Waals surface area contributed by atoms with Gasteiger partial charge < -0.3 is 10.1 Å². The van der Waals surface area contributed by atoms with E-state index in [9.17, 15) is 0 Å². The van der Waals surface area contributed by atoms with Gasteiger partial charge >= 0.3 is 0 Å². The van der Waals surface area contributed by atoms with Crippen LogP contribution in [0.2, 0.25) is 5.02 Å². The minimum atomic E-state index is 0. The Morgan fingerprint density at radius 2 is 1.94 bits per heavy atom. The highest BCUT2D eigenvalue weighted by Crippen LogP contribution is 2.38. The van der Waals surface area contributed by atoms with Crippen LogP contribution in [0.25, 0.3) is 0 Å². The van der Waals surface area contributed by atoms with Crippen LogP contribution in [0.5, 0.6) is 5.75 Å². The Hall–Kier alpha value is -0.440. The van der Waals surface area contributed by atoms with Crippen LogP contribution in [-0.4, -0.2) is 18.7 Å². The second-order valence-corrected chi connectivity index (χ2v) is 5.22. The van der Waals surface area contributed by atoms with Crippen molar-refractivity contribution in [2.75, 3.05) is 13.1 Å². The van der Waals surface area contributed by atoms with Crippen molar-refractivity contribution in [3.05, 3.63) is 28.8 Å². The number of fused-ring (bicyclic) bond motifs is 1. The highest BCUT2D eigenvalue weighted by atomic mass is 35.5. The third-order valence-corrected chi connectivity index (χ3v) is 3.95. The molecule has 0 radical (unpaired) electrons. The Balaban J connectivity index is 0.00000108. The van der Waals surface area contributed by atoms with Crippen LogP contribution < -0.4 is 10.1 Å². The van der Waals surface area contributed by atoms with Crippen LogP contribution >= 0.6 is 24.0 Å². The molecule has 0 atom stereocenters. The molecule has 0 aromatic heterocycles. The first-order chi connectivity index (χ1) is 7.77. The average Bonchev–Trinajstić information content (AvgIpc) is 2.31. The van der Waals surface area contributed by atoms with Crippen LogP contribution in [0.3, 0.4) is 0 Å². The number of aryl methyl sites for hydroxylation is 1. The van der Waals surface area contributed by atoms with Crippen molar-refractivity contribution in [3.8, 4) is 5.75 Å². The summed E-state index contributed by atoms with van der Waals surface area (Å²) in [5.41, 5.74) is 1.35. The monoisotopic (exact) mass is 273 g/mol. The molecular weight excluding hydrogens is 257 g/mol. The minimum Gasteiger partial charge on any atom is -0.487 e. The van der Waals surface area contributed by atoms with Gasteiger partial charge in [0.25, 0.3) is 0 Å². The lowest BCUT2D eigenvalue weighted by Crippen LogP contribution is -2.48. The molecular formula is C13H17Cl2NO. The van der Waals surface area contributed by atoms with E-state index in [1.54, 1.807) is 0 Å². The molecule has 2 aliphatic rings. The van der Waals surface area contributed by atoms with Crippen molar-refractivity contribution < 1.29 is 4.74 Å². The lowest BCUT2D eigenvalue weighted by molar-refractivity contribution is 0.0170. The number of ether oxygens (including phenoxy) is 1. The third kappa shape index (κ3) is 2.54. The largest absolute Gasteiger partial charge is 0.487 e. The second-order valence-electron chi connectivity index (χ2n) is 4.79. The van der Waals surface area contributed by atoms with Crippen molar-refractivity contribution in [3.63, 3.8) is 0 Å². The van der Waals surface area contributed by atoms with Gasteiger partial charge in [0.2, 0.25) is 0 Å². The van der Waals surface area contributed by atoms with E-state index in [0.717, 1.165) is 49.5 Å². The highest BCUT2D eigenvalue weighted by molar-refractivity contribution is 6.30. The highest BCUT2D eigenvalue weighted by Gasteiger charge is 2.37. The predicted molar refractivity (Wildman–Crippen MR) is 72.5 cm³/mol. The molecule has 0 saturated carbocycles. The summed E-state index contributed by atoms with van der Waals surface area (Å²) in [6.45, 7) is 2.14. The van der Waals surface area contributed by atoms with Gasteiger partial charge in [-0.25, -0.2) is 0 Å². The quantitative estimate of drug-likeness (QED) is 0.784. The van der Waals surface area contributed by atoms with Crippen LogP contribution in [-0.2, 0) is 6.42 Å². The van der Waals surface area contributed by atoms with Crippen LogP contribution in [0, 0.1) is 0 Å². The number of rotatable bonds is 0. The molecule has 0 bridgehead atoms. The lowest BCUT2D eigenvalue weighted by atomic mass is 9.84. The Labute approximate surface area is 113 Å². The van der Waals surface area contributed by atoms with Crippen molar-refractivity contribution in [1.82, 2.24) is 5.32 Å². The van der Waals surface area contributed by atoms with E-state index in [1.807, 2.05) is 18.2 Å². The number of halogens is 2. The van der Waals surface area contributed by atoms with Gasteiger partial charge in [0.05, 0.1) is 0 Å². The first kappa shape index (κ1) is 13.0. The molecule has 2 nitrogen and oxygen atoms in total. The first-order valence-corrected chi connectivity index (χ1v) is 6.33. The van der Waals surface area contributed by atoms with E-state index in [0.29, 0.717) is 0 Å². The topological polar surface area (TPSA) is 21.3 Å². The number of hydrogen-bond acceptors (Lipinski definition) is 2. The molecule has 2 aliphatic heterocycles. The summed E-state index contributed by atoms with van der Waals surface area (Å²) >= 11 is 5.99. The van der Waals surface area contributed by atoms with E-state index >= 15 is 0 Å². The molecule has 4 heteroatoms. The number of hydrogen-bond donors (Lipinski definition) is 1. The molecule has 1 spiro atoms. The first-order valence-electron chi connectivity index (χ1n) is 5.96. The van der Waals surface area contributed by atoms with Crippen LogP contribution in [0.1, 0.15) is 24.8 Å². The third-order valence-electron chi connectivity index (χ3n) is 3.71. The fraction of sp³-hybridized carbons (Fsp3) is 0.538.